The van der Waals surface area contributed by atoms with E-state index in [0.29, 0.717) is 23.1 Å². The third-order valence-electron chi connectivity index (χ3n) is 5.61. The van der Waals surface area contributed by atoms with E-state index in [2.05, 4.69) is 20.9 Å². The quantitative estimate of drug-likeness (QED) is 0.410. The normalized spacial score (nSPS) is 13.0. The van der Waals surface area contributed by atoms with Gasteiger partial charge < -0.3 is 16.0 Å². The van der Waals surface area contributed by atoms with Crippen molar-refractivity contribution in [2.75, 3.05) is 18.9 Å². The van der Waals surface area contributed by atoms with Crippen LogP contribution in [0.2, 0.25) is 0 Å². The first-order valence-corrected chi connectivity index (χ1v) is 10.9. The van der Waals surface area contributed by atoms with E-state index in [4.69, 9.17) is 4.98 Å². The van der Waals surface area contributed by atoms with Crippen LogP contribution in [0.4, 0.5) is 5.82 Å². The standard InChI is InChI=1S/C25H24N6O2/c1-26-22(32)14-27-23-24-28-13-21(31(24)15-20(30-23)16-5-3-2-4-6-16)17-7-9-18(10-8-17)25(33)29-19-11-12-19/h2-10,13,15,19H,11-12,14H2,1H3,(H,26,32)(H,27,30)(H,29,33). The molecule has 166 valence electrons. The van der Waals surface area contributed by atoms with Gasteiger partial charge in [-0.25, -0.2) is 9.97 Å². The van der Waals surface area contributed by atoms with Gasteiger partial charge in [-0.3, -0.25) is 14.0 Å². The molecule has 1 aliphatic carbocycles. The Kier molecular flexibility index (Phi) is 5.48. The van der Waals surface area contributed by atoms with Gasteiger partial charge in [-0.2, -0.15) is 0 Å². The number of aromatic nitrogens is 3. The molecule has 0 atom stereocenters. The first-order valence-electron chi connectivity index (χ1n) is 10.9. The fraction of sp³-hybridized carbons (Fsp3) is 0.200. The van der Waals surface area contributed by atoms with Crippen LogP contribution in [-0.2, 0) is 4.79 Å². The first-order chi connectivity index (χ1) is 16.1. The van der Waals surface area contributed by atoms with Gasteiger partial charge in [0.05, 0.1) is 24.1 Å². The highest BCUT2D eigenvalue weighted by Crippen LogP contribution is 2.28. The zero-order chi connectivity index (χ0) is 22.8. The highest BCUT2D eigenvalue weighted by molar-refractivity contribution is 5.95. The largest absolute Gasteiger partial charge is 0.358 e. The topological polar surface area (TPSA) is 100 Å². The Morgan fingerprint density at radius 2 is 1.79 bits per heavy atom. The highest BCUT2D eigenvalue weighted by atomic mass is 16.2. The number of carbonyl (C=O) groups excluding carboxylic acids is 2. The number of likely N-dealkylation sites (N-methyl/N-ethyl adjacent to an activating group) is 1. The molecule has 2 aromatic heterocycles. The van der Waals surface area contributed by atoms with E-state index in [1.807, 2.05) is 65.2 Å². The van der Waals surface area contributed by atoms with Crippen LogP contribution in [0.5, 0.6) is 0 Å². The highest BCUT2D eigenvalue weighted by Gasteiger charge is 2.23. The van der Waals surface area contributed by atoms with Crippen LogP contribution in [0.25, 0.3) is 28.2 Å². The molecule has 2 aromatic carbocycles. The number of amides is 2. The predicted molar refractivity (Wildman–Crippen MR) is 127 cm³/mol. The smallest absolute Gasteiger partial charge is 0.251 e. The number of hydrogen-bond donors (Lipinski definition) is 3. The molecule has 5 rings (SSSR count). The summed E-state index contributed by atoms with van der Waals surface area (Å²) in [6, 6.07) is 17.7. The van der Waals surface area contributed by atoms with Crippen molar-refractivity contribution in [3.05, 3.63) is 72.6 Å². The van der Waals surface area contributed by atoms with Gasteiger partial charge in [0.2, 0.25) is 5.91 Å². The fourth-order valence-corrected chi connectivity index (χ4v) is 3.61. The Balaban J connectivity index is 1.53. The summed E-state index contributed by atoms with van der Waals surface area (Å²) >= 11 is 0. The van der Waals surface area contributed by atoms with Gasteiger partial charge in [-0.1, -0.05) is 42.5 Å². The minimum atomic E-state index is -0.146. The molecule has 4 aromatic rings. The molecule has 8 nitrogen and oxygen atoms in total. The van der Waals surface area contributed by atoms with Gasteiger partial charge >= 0.3 is 0 Å². The SMILES string of the molecule is CNC(=O)CNc1nc(-c2ccccc2)cn2c(-c3ccc(C(=O)NC4CC4)cc3)cnc12. The molecule has 3 N–H and O–H groups in total. The average Bonchev–Trinajstić information content (AvgIpc) is 3.57. The van der Waals surface area contributed by atoms with Crippen LogP contribution < -0.4 is 16.0 Å². The second-order valence-electron chi connectivity index (χ2n) is 8.03. The van der Waals surface area contributed by atoms with Gasteiger partial charge in [0.1, 0.15) is 0 Å². The maximum atomic E-state index is 12.3. The van der Waals surface area contributed by atoms with Crippen molar-refractivity contribution in [3.8, 4) is 22.5 Å². The average molecular weight is 441 g/mol. The number of benzene rings is 2. The number of anilines is 1. The van der Waals surface area contributed by atoms with Crippen molar-refractivity contribution in [2.45, 2.75) is 18.9 Å². The Morgan fingerprint density at radius 3 is 2.48 bits per heavy atom. The van der Waals surface area contributed by atoms with E-state index >= 15 is 0 Å². The number of rotatable bonds is 7. The number of nitrogens with one attached hydrogen (secondary N) is 3. The molecule has 1 fully saturated rings. The van der Waals surface area contributed by atoms with Crippen molar-refractivity contribution in [2.24, 2.45) is 0 Å². The summed E-state index contributed by atoms with van der Waals surface area (Å²) in [6.07, 6.45) is 5.82. The van der Waals surface area contributed by atoms with Crippen molar-refractivity contribution in [3.63, 3.8) is 0 Å². The summed E-state index contributed by atoms with van der Waals surface area (Å²) in [5.74, 6) is 0.331. The van der Waals surface area contributed by atoms with Crippen LogP contribution >= 0.6 is 0 Å². The van der Waals surface area contributed by atoms with Crippen LogP contribution in [0.3, 0.4) is 0 Å². The molecule has 1 saturated carbocycles. The summed E-state index contributed by atoms with van der Waals surface area (Å²) in [5, 5.41) is 8.71. The van der Waals surface area contributed by atoms with E-state index in [9.17, 15) is 9.59 Å². The van der Waals surface area contributed by atoms with E-state index in [1.165, 1.54) is 0 Å². The van der Waals surface area contributed by atoms with Gasteiger partial charge in [0, 0.05) is 36.0 Å². The van der Waals surface area contributed by atoms with Crippen LogP contribution in [0.1, 0.15) is 23.2 Å². The molecular weight excluding hydrogens is 416 g/mol. The van der Waals surface area contributed by atoms with Gasteiger partial charge in [-0.15, -0.1) is 0 Å². The van der Waals surface area contributed by atoms with E-state index in [0.717, 1.165) is 35.4 Å². The lowest BCUT2D eigenvalue weighted by atomic mass is 10.1. The van der Waals surface area contributed by atoms with E-state index < -0.39 is 0 Å². The van der Waals surface area contributed by atoms with Crippen molar-refractivity contribution in [1.29, 1.82) is 0 Å². The molecule has 0 saturated heterocycles. The van der Waals surface area contributed by atoms with Crippen molar-refractivity contribution in [1.82, 2.24) is 25.0 Å². The zero-order valence-electron chi connectivity index (χ0n) is 18.2. The van der Waals surface area contributed by atoms with Gasteiger partial charge in [0.15, 0.2) is 11.5 Å². The number of fused-ring (bicyclic) bond motifs is 1. The molecule has 2 amide bonds. The number of carbonyl (C=O) groups is 2. The number of nitrogens with zero attached hydrogens (tertiary/aromatic N) is 3. The maximum absolute atomic E-state index is 12.3. The van der Waals surface area contributed by atoms with Crippen LogP contribution in [0.15, 0.2) is 67.0 Å². The zero-order valence-corrected chi connectivity index (χ0v) is 18.2. The maximum Gasteiger partial charge on any atom is 0.251 e. The van der Waals surface area contributed by atoms with Gasteiger partial charge in [0.25, 0.3) is 5.91 Å². The molecule has 0 radical (unpaired) electrons. The van der Waals surface area contributed by atoms with E-state index in [-0.39, 0.29) is 18.4 Å². The summed E-state index contributed by atoms with van der Waals surface area (Å²) in [5.41, 5.74) is 4.74. The molecule has 0 aliphatic heterocycles. The molecule has 0 bridgehead atoms. The lowest BCUT2D eigenvalue weighted by molar-refractivity contribution is -0.118. The predicted octanol–water partition coefficient (Wildman–Crippen LogP) is 3.11. The second kappa shape index (κ2) is 8.74. The molecule has 2 heterocycles. The minimum absolute atomic E-state index is 0.0431. The fourth-order valence-electron chi connectivity index (χ4n) is 3.61. The van der Waals surface area contributed by atoms with Crippen LogP contribution in [0, 0.1) is 0 Å². The number of hydrogen-bond acceptors (Lipinski definition) is 5. The second-order valence-corrected chi connectivity index (χ2v) is 8.03. The summed E-state index contributed by atoms with van der Waals surface area (Å²) in [6.45, 7) is 0.0877. The van der Waals surface area contributed by atoms with Crippen molar-refractivity contribution >= 4 is 23.3 Å². The van der Waals surface area contributed by atoms with Gasteiger partial charge in [-0.05, 0) is 25.0 Å². The number of imidazole rings is 1. The summed E-state index contributed by atoms with van der Waals surface area (Å²) in [4.78, 5) is 33.4. The Labute approximate surface area is 191 Å². The minimum Gasteiger partial charge on any atom is -0.358 e. The Hall–Kier alpha value is -4.20. The molecule has 0 unspecified atom stereocenters. The molecule has 1 aliphatic rings. The Bertz CT molecular complexity index is 1310. The third-order valence-corrected chi connectivity index (χ3v) is 5.61. The lowest BCUT2D eigenvalue weighted by Crippen LogP contribution is -2.26. The third kappa shape index (κ3) is 4.41. The summed E-state index contributed by atoms with van der Waals surface area (Å²) in [7, 11) is 1.59. The van der Waals surface area contributed by atoms with Crippen LogP contribution in [-0.4, -0.2) is 45.8 Å². The molecular formula is C25H24N6O2. The van der Waals surface area contributed by atoms with E-state index in [1.54, 1.807) is 13.2 Å². The Morgan fingerprint density at radius 1 is 1.03 bits per heavy atom. The monoisotopic (exact) mass is 440 g/mol. The molecule has 33 heavy (non-hydrogen) atoms. The molecule has 0 spiro atoms. The molecule has 8 heteroatoms. The lowest BCUT2D eigenvalue weighted by Gasteiger charge is -2.11. The summed E-state index contributed by atoms with van der Waals surface area (Å²) < 4.78 is 1.96. The van der Waals surface area contributed by atoms with Crippen molar-refractivity contribution < 1.29 is 9.59 Å². The first kappa shape index (κ1) is 20.7.